The molecular formula is C12H19BrN2O. The van der Waals surface area contributed by atoms with E-state index in [1.807, 2.05) is 13.0 Å². The number of nitrogens with zero attached hydrogens (tertiary/aromatic N) is 1. The van der Waals surface area contributed by atoms with E-state index < -0.39 is 0 Å². The van der Waals surface area contributed by atoms with Gasteiger partial charge in [0.05, 0.1) is 4.47 Å². The van der Waals surface area contributed by atoms with Gasteiger partial charge in [0.1, 0.15) is 5.82 Å². The van der Waals surface area contributed by atoms with Gasteiger partial charge in [-0.3, -0.25) is 0 Å². The lowest BCUT2D eigenvalue weighted by Crippen LogP contribution is -2.27. The first-order chi connectivity index (χ1) is 7.56. The first-order valence-electron chi connectivity index (χ1n) is 5.54. The average molecular weight is 287 g/mol. The Labute approximate surface area is 105 Å². The molecule has 0 spiro atoms. The number of aliphatic hydroxyl groups is 1. The number of aliphatic hydroxyl groups excluding tert-OH is 1. The molecule has 0 amide bonds. The van der Waals surface area contributed by atoms with Gasteiger partial charge in [-0.2, -0.15) is 0 Å². The van der Waals surface area contributed by atoms with Crippen molar-refractivity contribution in [1.29, 1.82) is 0 Å². The third-order valence-corrected chi connectivity index (χ3v) is 3.65. The van der Waals surface area contributed by atoms with Gasteiger partial charge in [0.15, 0.2) is 0 Å². The van der Waals surface area contributed by atoms with E-state index in [1.165, 1.54) is 0 Å². The van der Waals surface area contributed by atoms with Crippen LogP contribution in [0.1, 0.15) is 25.8 Å². The Bertz CT molecular complexity index is 342. The Morgan fingerprint density at radius 2 is 2.19 bits per heavy atom. The smallest absolute Gasteiger partial charge is 0.140 e. The molecule has 90 valence electrons. The van der Waals surface area contributed by atoms with Gasteiger partial charge in [0, 0.05) is 18.8 Å². The second kappa shape index (κ2) is 6.21. The molecule has 0 aliphatic carbocycles. The lowest BCUT2D eigenvalue weighted by Gasteiger charge is -2.23. The number of aryl methyl sites for hydroxylation is 1. The molecule has 1 rings (SSSR count). The van der Waals surface area contributed by atoms with Crippen LogP contribution in [0.4, 0.5) is 5.82 Å². The predicted molar refractivity (Wildman–Crippen MR) is 70.6 cm³/mol. The Hall–Kier alpha value is -0.610. The van der Waals surface area contributed by atoms with Crippen molar-refractivity contribution in [1.82, 2.24) is 4.98 Å². The van der Waals surface area contributed by atoms with E-state index in [2.05, 4.69) is 40.1 Å². The Balaban J connectivity index is 2.81. The van der Waals surface area contributed by atoms with E-state index in [0.29, 0.717) is 5.92 Å². The SMILES string of the molecule is Cc1ccnc(NC(CCO)C(C)C)c1Br. The highest BCUT2D eigenvalue weighted by atomic mass is 79.9. The second-order valence-electron chi connectivity index (χ2n) is 4.30. The Kier molecular flexibility index (Phi) is 5.22. The summed E-state index contributed by atoms with van der Waals surface area (Å²) in [6.45, 7) is 6.50. The zero-order chi connectivity index (χ0) is 12.1. The van der Waals surface area contributed by atoms with Crippen LogP contribution in [-0.2, 0) is 0 Å². The number of nitrogens with one attached hydrogen (secondary N) is 1. The molecule has 1 atom stereocenters. The average Bonchev–Trinajstić information content (AvgIpc) is 2.23. The monoisotopic (exact) mass is 286 g/mol. The maximum Gasteiger partial charge on any atom is 0.140 e. The summed E-state index contributed by atoms with van der Waals surface area (Å²) < 4.78 is 0.999. The van der Waals surface area contributed by atoms with Crippen LogP contribution in [0, 0.1) is 12.8 Å². The molecule has 2 N–H and O–H groups in total. The van der Waals surface area contributed by atoms with Gasteiger partial charge < -0.3 is 10.4 Å². The topological polar surface area (TPSA) is 45.2 Å². The zero-order valence-corrected chi connectivity index (χ0v) is 11.6. The van der Waals surface area contributed by atoms with Gasteiger partial charge >= 0.3 is 0 Å². The maximum absolute atomic E-state index is 9.02. The summed E-state index contributed by atoms with van der Waals surface area (Å²) >= 11 is 3.52. The number of hydrogen-bond donors (Lipinski definition) is 2. The second-order valence-corrected chi connectivity index (χ2v) is 5.09. The van der Waals surface area contributed by atoms with Crippen LogP contribution in [0.2, 0.25) is 0 Å². The van der Waals surface area contributed by atoms with Gasteiger partial charge in [-0.15, -0.1) is 0 Å². The molecule has 16 heavy (non-hydrogen) atoms. The molecule has 4 heteroatoms. The van der Waals surface area contributed by atoms with E-state index in [9.17, 15) is 0 Å². The molecule has 0 radical (unpaired) electrons. The molecule has 1 unspecified atom stereocenters. The zero-order valence-electron chi connectivity index (χ0n) is 10.00. The molecule has 1 aromatic rings. The Morgan fingerprint density at radius 1 is 1.50 bits per heavy atom. The molecule has 0 fully saturated rings. The van der Waals surface area contributed by atoms with E-state index in [-0.39, 0.29) is 12.6 Å². The summed E-state index contributed by atoms with van der Waals surface area (Å²) in [5, 5.41) is 12.4. The van der Waals surface area contributed by atoms with Crippen LogP contribution >= 0.6 is 15.9 Å². The fraction of sp³-hybridized carbons (Fsp3) is 0.583. The van der Waals surface area contributed by atoms with Crippen molar-refractivity contribution in [3.05, 3.63) is 22.3 Å². The summed E-state index contributed by atoms with van der Waals surface area (Å²) in [7, 11) is 0. The number of pyridine rings is 1. The summed E-state index contributed by atoms with van der Waals surface area (Å²) in [6, 6.07) is 2.21. The third kappa shape index (κ3) is 3.46. The number of halogens is 1. The molecule has 3 nitrogen and oxygen atoms in total. The van der Waals surface area contributed by atoms with Crippen molar-refractivity contribution >= 4 is 21.7 Å². The van der Waals surface area contributed by atoms with E-state index in [4.69, 9.17) is 5.11 Å². The fourth-order valence-electron chi connectivity index (χ4n) is 1.53. The van der Waals surface area contributed by atoms with Crippen molar-refractivity contribution in [3.63, 3.8) is 0 Å². The summed E-state index contributed by atoms with van der Waals surface area (Å²) in [5.41, 5.74) is 1.16. The molecule has 0 saturated carbocycles. The molecule has 1 aromatic heterocycles. The molecule has 1 heterocycles. The highest BCUT2D eigenvalue weighted by Crippen LogP contribution is 2.25. The number of rotatable bonds is 5. The van der Waals surface area contributed by atoms with Crippen LogP contribution in [0.3, 0.4) is 0 Å². The normalized spacial score (nSPS) is 12.9. The number of aromatic nitrogens is 1. The van der Waals surface area contributed by atoms with Crippen LogP contribution in [-0.4, -0.2) is 22.7 Å². The van der Waals surface area contributed by atoms with E-state index >= 15 is 0 Å². The third-order valence-electron chi connectivity index (χ3n) is 2.65. The van der Waals surface area contributed by atoms with Gasteiger partial charge in [-0.25, -0.2) is 4.98 Å². The van der Waals surface area contributed by atoms with Crippen LogP contribution in [0.5, 0.6) is 0 Å². The quantitative estimate of drug-likeness (QED) is 0.875. The minimum absolute atomic E-state index is 0.194. The molecule has 0 aliphatic heterocycles. The minimum atomic E-state index is 0.194. The molecule has 0 saturated heterocycles. The first-order valence-corrected chi connectivity index (χ1v) is 6.34. The summed E-state index contributed by atoms with van der Waals surface area (Å²) in [6.07, 6.45) is 2.53. The lowest BCUT2D eigenvalue weighted by atomic mass is 10.0. The molecule has 0 aliphatic rings. The van der Waals surface area contributed by atoms with Gasteiger partial charge in [-0.1, -0.05) is 13.8 Å². The highest BCUT2D eigenvalue weighted by molar-refractivity contribution is 9.10. The van der Waals surface area contributed by atoms with Crippen molar-refractivity contribution in [2.45, 2.75) is 33.2 Å². The molecule has 0 bridgehead atoms. The lowest BCUT2D eigenvalue weighted by molar-refractivity contribution is 0.267. The molecule has 0 aromatic carbocycles. The van der Waals surface area contributed by atoms with Crippen molar-refractivity contribution in [3.8, 4) is 0 Å². The number of hydrogen-bond acceptors (Lipinski definition) is 3. The largest absolute Gasteiger partial charge is 0.396 e. The van der Waals surface area contributed by atoms with Gasteiger partial charge in [-0.05, 0) is 46.8 Å². The predicted octanol–water partition coefficient (Wildman–Crippen LogP) is 2.97. The van der Waals surface area contributed by atoms with Gasteiger partial charge in [0.25, 0.3) is 0 Å². The highest BCUT2D eigenvalue weighted by Gasteiger charge is 2.14. The van der Waals surface area contributed by atoms with Crippen LogP contribution < -0.4 is 5.32 Å². The summed E-state index contributed by atoms with van der Waals surface area (Å²) in [4.78, 5) is 4.30. The minimum Gasteiger partial charge on any atom is -0.396 e. The van der Waals surface area contributed by atoms with E-state index in [0.717, 1.165) is 22.3 Å². The fourth-order valence-corrected chi connectivity index (χ4v) is 1.88. The maximum atomic E-state index is 9.02. The van der Waals surface area contributed by atoms with Crippen molar-refractivity contribution < 1.29 is 5.11 Å². The standard InChI is InChI=1S/C12H19BrN2O/c1-8(2)10(5-7-16)15-12-11(13)9(3)4-6-14-12/h4,6,8,10,16H,5,7H2,1-3H3,(H,14,15). The molecular weight excluding hydrogens is 268 g/mol. The van der Waals surface area contributed by atoms with Crippen molar-refractivity contribution in [2.24, 2.45) is 5.92 Å². The first kappa shape index (κ1) is 13.5. The summed E-state index contributed by atoms with van der Waals surface area (Å²) in [5.74, 6) is 1.31. The van der Waals surface area contributed by atoms with Crippen molar-refractivity contribution in [2.75, 3.05) is 11.9 Å². The van der Waals surface area contributed by atoms with E-state index in [1.54, 1.807) is 6.20 Å². The van der Waals surface area contributed by atoms with Crippen LogP contribution in [0.25, 0.3) is 0 Å². The number of anilines is 1. The Morgan fingerprint density at radius 3 is 2.75 bits per heavy atom. The van der Waals surface area contributed by atoms with Crippen LogP contribution in [0.15, 0.2) is 16.7 Å². The van der Waals surface area contributed by atoms with Gasteiger partial charge in [0.2, 0.25) is 0 Å².